The molecule has 8 rings (SSSR count). The zero-order valence-electron chi connectivity index (χ0n) is 39.8. The van der Waals surface area contributed by atoms with Crippen molar-refractivity contribution in [3.8, 4) is 0 Å². The number of allylic oxidation sites excluding steroid dienone is 2. The molecule has 24 atom stereocenters. The molecule has 3 saturated heterocycles. The minimum absolute atomic E-state index is 0.0567. The molecule has 0 amide bonds. The summed E-state index contributed by atoms with van der Waals surface area (Å²) in [5.41, 5.74) is -1.43. The fourth-order valence-corrected chi connectivity index (χ4v) is 15.3. The van der Waals surface area contributed by atoms with E-state index in [-0.39, 0.29) is 34.0 Å². The molecule has 0 aromatic rings. The molecule has 8 aliphatic rings. The van der Waals surface area contributed by atoms with E-state index in [9.17, 15) is 66.1 Å². The van der Waals surface area contributed by atoms with Crippen LogP contribution in [0.2, 0.25) is 0 Å². The van der Waals surface area contributed by atoms with Gasteiger partial charge in [0, 0.05) is 0 Å². The van der Waals surface area contributed by atoms with E-state index in [0.717, 1.165) is 32.1 Å². The Balaban J connectivity index is 1.00. The highest BCUT2D eigenvalue weighted by Gasteiger charge is 2.71. The summed E-state index contributed by atoms with van der Waals surface area (Å²) in [6, 6.07) is 0. The van der Waals surface area contributed by atoms with Crippen molar-refractivity contribution in [2.45, 2.75) is 211 Å². The molecule has 12 N–H and O–H groups in total. The van der Waals surface area contributed by atoms with Crippen LogP contribution < -0.4 is 0 Å². The van der Waals surface area contributed by atoms with Gasteiger partial charge < -0.3 is 89.7 Å². The average Bonchev–Trinajstić information content (AvgIpc) is 3.26. The van der Waals surface area contributed by atoms with Gasteiger partial charge >= 0.3 is 5.97 Å². The predicted octanol–water partition coefficient (Wildman–Crippen LogP) is -0.323. The third-order valence-corrected chi connectivity index (χ3v) is 19.4. The smallest absolute Gasteiger partial charge is 0.312 e. The van der Waals surface area contributed by atoms with Crippen molar-refractivity contribution < 1.29 is 94.5 Å². The molecule has 19 heteroatoms. The van der Waals surface area contributed by atoms with Gasteiger partial charge in [-0.3, -0.25) is 4.79 Å². The Bertz CT molecular complexity index is 1830. The van der Waals surface area contributed by atoms with Crippen molar-refractivity contribution in [2.24, 2.45) is 50.2 Å². The van der Waals surface area contributed by atoms with Gasteiger partial charge in [-0.1, -0.05) is 60.1 Å². The van der Waals surface area contributed by atoms with Gasteiger partial charge in [-0.15, -0.1) is 0 Å². The highest BCUT2D eigenvalue weighted by molar-refractivity contribution is 5.77. The number of aliphatic hydroxyl groups excluding tert-OH is 11. The van der Waals surface area contributed by atoms with Crippen LogP contribution in [-0.4, -0.2) is 191 Å². The molecule has 5 aliphatic carbocycles. The van der Waals surface area contributed by atoms with Gasteiger partial charge in [-0.25, -0.2) is 0 Å². The molecule has 3 heterocycles. The Morgan fingerprint density at radius 3 is 1.67 bits per heavy atom. The molecule has 384 valence electrons. The normalized spacial score (nSPS) is 53.9. The van der Waals surface area contributed by atoms with E-state index in [2.05, 4.69) is 54.5 Å². The molecule has 0 aromatic carbocycles. The average molecular weight is 959 g/mol. The van der Waals surface area contributed by atoms with Crippen LogP contribution in [0.3, 0.4) is 0 Å². The SMILES string of the molecule is CC1(C)CCC2(C(=O)O)C(O)CC3(C)C(=CCC4C5(C)CCC(OC6OC(CO)C(O)C(OC7OC(CO)C(O)C(OC8OC(CO)C(O)C(O)C8O)C7O)C6O)C(C)(C)C5CCC43C)C2C1. The van der Waals surface area contributed by atoms with Crippen LogP contribution in [0.15, 0.2) is 11.6 Å². The maximum Gasteiger partial charge on any atom is 0.312 e. The first-order valence-electron chi connectivity index (χ1n) is 24.4. The van der Waals surface area contributed by atoms with E-state index in [1.807, 2.05) is 0 Å². The molecule has 0 spiro atoms. The lowest BCUT2D eigenvalue weighted by Gasteiger charge is -2.71. The molecule has 3 aliphatic heterocycles. The summed E-state index contributed by atoms with van der Waals surface area (Å²) in [5, 5.41) is 130. The zero-order valence-corrected chi connectivity index (χ0v) is 39.8. The molecular formula is C48H78O19. The molecule has 0 aromatic heterocycles. The second kappa shape index (κ2) is 18.2. The lowest BCUT2D eigenvalue weighted by molar-refractivity contribution is -0.385. The van der Waals surface area contributed by atoms with Crippen LogP contribution >= 0.6 is 0 Å². The number of carbonyl (C=O) groups is 1. The quantitative estimate of drug-likeness (QED) is 0.0986. The number of hydrogen-bond donors (Lipinski definition) is 12. The Morgan fingerprint density at radius 1 is 0.612 bits per heavy atom. The van der Waals surface area contributed by atoms with Crippen molar-refractivity contribution in [3.05, 3.63) is 11.6 Å². The number of aliphatic carboxylic acids is 1. The number of ether oxygens (including phenoxy) is 6. The van der Waals surface area contributed by atoms with Crippen molar-refractivity contribution in [3.63, 3.8) is 0 Å². The fourth-order valence-electron chi connectivity index (χ4n) is 15.3. The first-order chi connectivity index (χ1) is 31.3. The molecule has 7 fully saturated rings. The summed E-state index contributed by atoms with van der Waals surface area (Å²) in [7, 11) is 0. The maximum absolute atomic E-state index is 13.2. The highest BCUT2D eigenvalue weighted by Crippen LogP contribution is 2.76. The second-order valence-electron chi connectivity index (χ2n) is 23.6. The third-order valence-electron chi connectivity index (χ3n) is 19.4. The molecule has 0 radical (unpaired) electrons. The van der Waals surface area contributed by atoms with Crippen LogP contribution in [0, 0.1) is 50.2 Å². The summed E-state index contributed by atoms with van der Waals surface area (Å²) < 4.78 is 35.6. The van der Waals surface area contributed by atoms with Crippen LogP contribution in [0.25, 0.3) is 0 Å². The first kappa shape index (κ1) is 51.9. The summed E-state index contributed by atoms with van der Waals surface area (Å²) >= 11 is 0. The number of aliphatic hydroxyl groups is 11. The second-order valence-corrected chi connectivity index (χ2v) is 23.6. The van der Waals surface area contributed by atoms with Gasteiger partial charge in [-0.05, 0) is 103 Å². The summed E-state index contributed by atoms with van der Waals surface area (Å²) in [5.74, 6) is -0.839. The Kier molecular flexibility index (Phi) is 14.1. The molecule has 67 heavy (non-hydrogen) atoms. The maximum atomic E-state index is 13.2. The lowest BCUT2D eigenvalue weighted by atomic mass is 9.33. The van der Waals surface area contributed by atoms with E-state index in [1.165, 1.54) is 5.57 Å². The molecule has 24 unspecified atom stereocenters. The largest absolute Gasteiger partial charge is 0.481 e. The summed E-state index contributed by atoms with van der Waals surface area (Å²) in [6.45, 7) is 13.4. The molecule has 4 saturated carbocycles. The van der Waals surface area contributed by atoms with Crippen molar-refractivity contribution in [1.29, 1.82) is 0 Å². The topological polar surface area (TPSA) is 315 Å². The van der Waals surface area contributed by atoms with Crippen molar-refractivity contribution in [2.75, 3.05) is 19.8 Å². The third kappa shape index (κ3) is 8.01. The van der Waals surface area contributed by atoms with Gasteiger partial charge in [-0.2, -0.15) is 0 Å². The fraction of sp³-hybridized carbons (Fsp3) is 0.938. The molecular weight excluding hydrogens is 881 g/mol. The number of carboxylic acid groups (broad SMARTS) is 1. The van der Waals surface area contributed by atoms with Crippen LogP contribution in [-0.2, 0) is 33.2 Å². The van der Waals surface area contributed by atoms with E-state index in [0.29, 0.717) is 25.7 Å². The standard InChI is InChI=1S/C48H78O19/c1-43(2)14-15-48(42(60)61)22(16-43)21-8-9-27-45(5)12-11-29(44(3,4)26(45)10-13-46(27,6)47(21,7)17-28(48)52)65-40-35(58)37(31(54)24(19-50)63-40)67-41-36(59)38(32(55)25(20-51)64-41)66-39-34(57)33(56)30(53)23(18-49)62-39/h8,22-41,49-59H,9-20H2,1-7H3,(H,60,61). The number of hydrogen-bond acceptors (Lipinski definition) is 18. The minimum Gasteiger partial charge on any atom is -0.481 e. The highest BCUT2D eigenvalue weighted by atomic mass is 16.8. The van der Waals surface area contributed by atoms with E-state index in [1.54, 1.807) is 0 Å². The van der Waals surface area contributed by atoms with E-state index < -0.39 is 146 Å². The molecule has 19 nitrogen and oxygen atoms in total. The van der Waals surface area contributed by atoms with Gasteiger partial charge in [0.25, 0.3) is 0 Å². The predicted molar refractivity (Wildman–Crippen MR) is 232 cm³/mol. The number of rotatable bonds is 10. The van der Waals surface area contributed by atoms with Gasteiger partial charge in [0.2, 0.25) is 0 Å². The van der Waals surface area contributed by atoms with Crippen LogP contribution in [0.5, 0.6) is 0 Å². The van der Waals surface area contributed by atoms with Gasteiger partial charge in [0.1, 0.15) is 78.7 Å². The van der Waals surface area contributed by atoms with E-state index in [4.69, 9.17) is 28.4 Å². The summed E-state index contributed by atoms with van der Waals surface area (Å²) in [6.07, 6.45) is -18.4. The van der Waals surface area contributed by atoms with Gasteiger partial charge in [0.15, 0.2) is 18.9 Å². The monoisotopic (exact) mass is 959 g/mol. The zero-order chi connectivity index (χ0) is 49.1. The Morgan fingerprint density at radius 2 is 1.13 bits per heavy atom. The van der Waals surface area contributed by atoms with Crippen LogP contribution in [0.1, 0.15) is 106 Å². The lowest BCUT2D eigenvalue weighted by Crippen LogP contribution is -2.68. The molecule has 0 bridgehead atoms. The summed E-state index contributed by atoms with van der Waals surface area (Å²) in [4.78, 5) is 13.2. The van der Waals surface area contributed by atoms with Crippen molar-refractivity contribution in [1.82, 2.24) is 0 Å². The van der Waals surface area contributed by atoms with Crippen molar-refractivity contribution >= 4 is 5.97 Å². The van der Waals surface area contributed by atoms with Crippen LogP contribution in [0.4, 0.5) is 0 Å². The number of fused-ring (bicyclic) bond motifs is 7. The Hall–Kier alpha value is -1.47. The number of carboxylic acids is 1. The van der Waals surface area contributed by atoms with E-state index >= 15 is 0 Å². The van der Waals surface area contributed by atoms with Gasteiger partial charge in [0.05, 0.1) is 32.0 Å². The Labute approximate surface area is 392 Å². The minimum atomic E-state index is -1.95. The first-order valence-corrected chi connectivity index (χ1v) is 24.4.